The monoisotopic (exact) mass is 415 g/mol. The fourth-order valence-electron chi connectivity index (χ4n) is 2.58. The summed E-state index contributed by atoms with van der Waals surface area (Å²) in [5.41, 5.74) is -0.833. The third kappa shape index (κ3) is 4.17. The molecule has 3 rings (SSSR count). The molecule has 0 unspecified atom stereocenters. The van der Waals surface area contributed by atoms with E-state index in [1.54, 1.807) is 0 Å². The lowest BCUT2D eigenvalue weighted by atomic mass is 10.2. The molecule has 0 saturated carbocycles. The minimum Gasteiger partial charge on any atom is -0.481 e. The van der Waals surface area contributed by atoms with Crippen molar-refractivity contribution in [2.24, 2.45) is 0 Å². The number of aromatic nitrogens is 2. The second-order valence-corrected chi connectivity index (χ2v) is 5.94. The zero-order valence-electron chi connectivity index (χ0n) is 15.8. The maximum atomic E-state index is 13.6. The number of benzene rings is 2. The van der Waals surface area contributed by atoms with Crippen LogP contribution in [0.3, 0.4) is 0 Å². The minimum absolute atomic E-state index is 0.0347. The van der Waals surface area contributed by atoms with Crippen LogP contribution in [-0.2, 0) is 4.74 Å². The first-order chi connectivity index (χ1) is 14.3. The number of ether oxygens (including phenoxy) is 2. The molecule has 0 radical (unpaired) electrons. The maximum absolute atomic E-state index is 13.6. The van der Waals surface area contributed by atoms with Crippen molar-refractivity contribution in [2.45, 2.75) is 0 Å². The molecule has 1 amide bonds. The van der Waals surface area contributed by atoms with Crippen LogP contribution in [0.4, 0.5) is 14.5 Å². The van der Waals surface area contributed by atoms with Crippen molar-refractivity contribution in [1.82, 2.24) is 9.78 Å². The van der Waals surface area contributed by atoms with Crippen molar-refractivity contribution >= 4 is 17.6 Å². The molecule has 2 aromatic carbocycles. The van der Waals surface area contributed by atoms with Gasteiger partial charge < -0.3 is 14.8 Å². The number of amides is 1. The van der Waals surface area contributed by atoms with Crippen LogP contribution < -0.4 is 15.5 Å². The van der Waals surface area contributed by atoms with Crippen LogP contribution in [-0.4, -0.2) is 35.9 Å². The van der Waals surface area contributed by atoms with E-state index in [1.165, 1.54) is 44.6 Å². The van der Waals surface area contributed by atoms with Gasteiger partial charge in [-0.15, -0.1) is 0 Å². The van der Waals surface area contributed by atoms with E-state index in [-0.39, 0.29) is 22.8 Å². The van der Waals surface area contributed by atoms with Crippen molar-refractivity contribution in [1.29, 1.82) is 0 Å². The number of nitrogens with one attached hydrogen (secondary N) is 1. The van der Waals surface area contributed by atoms with E-state index in [4.69, 9.17) is 4.74 Å². The summed E-state index contributed by atoms with van der Waals surface area (Å²) in [7, 11) is 2.47. The molecular formula is C20H15F2N3O5. The van der Waals surface area contributed by atoms with Gasteiger partial charge >= 0.3 is 5.97 Å². The summed E-state index contributed by atoms with van der Waals surface area (Å²) < 4.78 is 37.5. The number of nitrogens with zero attached hydrogens (tertiary/aromatic N) is 2. The molecule has 8 nitrogen and oxygen atoms in total. The molecule has 0 saturated heterocycles. The summed E-state index contributed by atoms with van der Waals surface area (Å²) >= 11 is 0. The van der Waals surface area contributed by atoms with Gasteiger partial charge in [0.25, 0.3) is 5.91 Å². The van der Waals surface area contributed by atoms with Gasteiger partial charge in [-0.3, -0.25) is 9.59 Å². The SMILES string of the molecule is COC(=O)c1cccc(NC(=O)c2nn(-c3ccc(F)c(F)c3)c(OC)cc2=O)c1. The number of rotatable bonds is 5. The van der Waals surface area contributed by atoms with Crippen LogP contribution in [0.5, 0.6) is 5.88 Å². The van der Waals surface area contributed by atoms with Gasteiger partial charge in [-0.05, 0) is 30.3 Å². The number of halogens is 2. The van der Waals surface area contributed by atoms with Crippen LogP contribution in [0.25, 0.3) is 5.69 Å². The van der Waals surface area contributed by atoms with Crippen LogP contribution >= 0.6 is 0 Å². The van der Waals surface area contributed by atoms with E-state index in [9.17, 15) is 23.2 Å². The Hall–Kier alpha value is -4.08. The zero-order chi connectivity index (χ0) is 21.8. The van der Waals surface area contributed by atoms with Crippen molar-refractivity contribution in [2.75, 3.05) is 19.5 Å². The largest absolute Gasteiger partial charge is 0.481 e. The molecule has 1 aromatic heterocycles. The molecule has 0 aliphatic carbocycles. The Morgan fingerprint density at radius 2 is 1.80 bits per heavy atom. The highest BCUT2D eigenvalue weighted by Crippen LogP contribution is 2.18. The van der Waals surface area contributed by atoms with Crippen molar-refractivity contribution in [3.8, 4) is 11.6 Å². The Labute approximate surface area is 168 Å². The molecule has 0 spiro atoms. The summed E-state index contributed by atoms with van der Waals surface area (Å²) in [6.07, 6.45) is 0. The maximum Gasteiger partial charge on any atom is 0.337 e. The van der Waals surface area contributed by atoms with Gasteiger partial charge in [0.15, 0.2) is 17.3 Å². The Kier molecular flexibility index (Phi) is 5.86. The first kappa shape index (κ1) is 20.6. The number of hydrogen-bond donors (Lipinski definition) is 1. The molecule has 0 aliphatic heterocycles. The molecule has 154 valence electrons. The summed E-state index contributed by atoms with van der Waals surface area (Å²) in [6.45, 7) is 0. The summed E-state index contributed by atoms with van der Waals surface area (Å²) in [5, 5.41) is 6.40. The van der Waals surface area contributed by atoms with Gasteiger partial charge in [-0.1, -0.05) is 6.07 Å². The number of esters is 1. The average molecular weight is 415 g/mol. The molecule has 10 heteroatoms. The number of carbonyl (C=O) groups excluding carboxylic acids is 2. The lowest BCUT2D eigenvalue weighted by molar-refractivity contribution is 0.0600. The standard InChI is InChI=1S/C20H15F2N3O5/c1-29-17-10-16(26)18(24-25(17)13-6-7-14(21)15(22)9-13)19(27)23-12-5-3-4-11(8-12)20(28)30-2/h3-10H,1-2H3,(H,23,27). The van der Waals surface area contributed by atoms with Gasteiger partial charge in [-0.2, -0.15) is 5.10 Å². The average Bonchev–Trinajstić information content (AvgIpc) is 2.75. The summed E-state index contributed by atoms with van der Waals surface area (Å²) in [5.74, 6) is -3.77. The van der Waals surface area contributed by atoms with Crippen LogP contribution in [0.2, 0.25) is 0 Å². The van der Waals surface area contributed by atoms with E-state index >= 15 is 0 Å². The first-order valence-corrected chi connectivity index (χ1v) is 8.47. The van der Waals surface area contributed by atoms with E-state index in [0.717, 1.165) is 22.9 Å². The normalized spacial score (nSPS) is 10.4. The molecule has 1 heterocycles. The summed E-state index contributed by atoms with van der Waals surface area (Å²) in [4.78, 5) is 36.6. The highest BCUT2D eigenvalue weighted by atomic mass is 19.2. The predicted molar refractivity (Wildman–Crippen MR) is 102 cm³/mol. The first-order valence-electron chi connectivity index (χ1n) is 8.47. The van der Waals surface area contributed by atoms with Gasteiger partial charge in [0.05, 0.1) is 31.5 Å². The van der Waals surface area contributed by atoms with Gasteiger partial charge in [0.1, 0.15) is 0 Å². The van der Waals surface area contributed by atoms with Gasteiger partial charge in [-0.25, -0.2) is 18.3 Å². The molecule has 0 atom stereocenters. The Bertz CT molecular complexity index is 1190. The van der Waals surface area contributed by atoms with E-state index < -0.39 is 34.6 Å². The molecule has 3 aromatic rings. The van der Waals surface area contributed by atoms with Crippen LogP contribution in [0.1, 0.15) is 20.8 Å². The Morgan fingerprint density at radius 1 is 1.03 bits per heavy atom. The van der Waals surface area contributed by atoms with E-state index in [0.29, 0.717) is 0 Å². The molecule has 30 heavy (non-hydrogen) atoms. The predicted octanol–water partition coefficient (Wildman–Crippen LogP) is 2.56. The third-order valence-electron chi connectivity index (χ3n) is 4.01. The number of methoxy groups -OCH3 is 2. The fraction of sp³-hybridized carbons (Fsp3) is 0.100. The number of anilines is 1. The topological polar surface area (TPSA) is 99.5 Å². The van der Waals surface area contributed by atoms with E-state index in [1.807, 2.05) is 0 Å². The highest BCUT2D eigenvalue weighted by molar-refractivity contribution is 6.03. The molecule has 0 aliphatic rings. The highest BCUT2D eigenvalue weighted by Gasteiger charge is 2.18. The summed E-state index contributed by atoms with van der Waals surface area (Å²) in [6, 6.07) is 9.79. The van der Waals surface area contributed by atoms with Crippen molar-refractivity contribution in [3.63, 3.8) is 0 Å². The third-order valence-corrected chi connectivity index (χ3v) is 4.01. The second-order valence-electron chi connectivity index (χ2n) is 5.94. The molecule has 1 N–H and O–H groups in total. The Morgan fingerprint density at radius 3 is 2.47 bits per heavy atom. The molecule has 0 bridgehead atoms. The zero-order valence-corrected chi connectivity index (χ0v) is 15.8. The number of carbonyl (C=O) groups is 2. The van der Waals surface area contributed by atoms with Gasteiger partial charge in [0.2, 0.25) is 11.3 Å². The van der Waals surface area contributed by atoms with E-state index in [2.05, 4.69) is 15.2 Å². The number of hydrogen-bond acceptors (Lipinski definition) is 6. The smallest absolute Gasteiger partial charge is 0.337 e. The van der Waals surface area contributed by atoms with Crippen molar-refractivity contribution in [3.05, 3.63) is 81.6 Å². The quantitative estimate of drug-likeness (QED) is 0.643. The van der Waals surface area contributed by atoms with Crippen molar-refractivity contribution < 1.29 is 27.8 Å². The Balaban J connectivity index is 1.99. The lowest BCUT2D eigenvalue weighted by Crippen LogP contribution is -2.26. The minimum atomic E-state index is -1.14. The molecule has 0 fully saturated rings. The van der Waals surface area contributed by atoms with Crippen LogP contribution in [0.15, 0.2) is 53.3 Å². The van der Waals surface area contributed by atoms with Gasteiger partial charge in [0, 0.05) is 11.8 Å². The van der Waals surface area contributed by atoms with Crippen LogP contribution in [0, 0.1) is 11.6 Å². The fourth-order valence-corrected chi connectivity index (χ4v) is 2.58. The second kappa shape index (κ2) is 8.52. The lowest BCUT2D eigenvalue weighted by Gasteiger charge is -2.13. The molecular weight excluding hydrogens is 400 g/mol.